The lowest BCUT2D eigenvalue weighted by molar-refractivity contribution is -0.120. The van der Waals surface area contributed by atoms with Crippen molar-refractivity contribution < 1.29 is 22.7 Å². The molecule has 0 atom stereocenters. The molecule has 1 saturated heterocycles. The molecule has 1 aliphatic rings. The molecule has 0 radical (unpaired) electrons. The van der Waals surface area contributed by atoms with Gasteiger partial charge in [-0.1, -0.05) is 11.8 Å². The molecule has 0 aromatic heterocycles. The molecule has 2 rings (SSSR count). The highest BCUT2D eigenvalue weighted by Crippen LogP contribution is 2.18. The van der Waals surface area contributed by atoms with Crippen LogP contribution in [0.25, 0.3) is 0 Å². The third kappa shape index (κ3) is 5.48. The Morgan fingerprint density at radius 2 is 2.04 bits per heavy atom. The Kier molecular flexibility index (Phi) is 6.01. The maximum Gasteiger partial charge on any atom is 0.414 e. The second-order valence-electron chi connectivity index (χ2n) is 5.41. The molecule has 8 nitrogen and oxygen atoms in total. The van der Waals surface area contributed by atoms with E-state index < -0.39 is 15.9 Å². The van der Waals surface area contributed by atoms with Crippen LogP contribution in [0.3, 0.4) is 0 Å². The second kappa shape index (κ2) is 8.00. The van der Waals surface area contributed by atoms with Crippen molar-refractivity contribution in [2.45, 2.75) is 0 Å². The third-order valence-corrected chi connectivity index (χ3v) is 4.74. The van der Waals surface area contributed by atoms with Gasteiger partial charge in [0, 0.05) is 18.3 Å². The molecule has 1 fully saturated rings. The summed E-state index contributed by atoms with van der Waals surface area (Å²) in [5, 5.41) is 2.53. The normalized spacial score (nSPS) is 14.0. The summed E-state index contributed by atoms with van der Waals surface area (Å²) in [6, 6.07) is 7.09. The van der Waals surface area contributed by atoms with Crippen LogP contribution in [0, 0.1) is 11.8 Å². The lowest BCUT2D eigenvalue weighted by Gasteiger charge is -2.12. The molecule has 0 aliphatic carbocycles. The number of sulfonamides is 1. The van der Waals surface area contributed by atoms with Gasteiger partial charge in [0.15, 0.2) is 0 Å². The molecular formula is C16H19N3O5S. The number of hydrogen-bond acceptors (Lipinski definition) is 5. The van der Waals surface area contributed by atoms with Crippen molar-refractivity contribution in [2.75, 3.05) is 44.4 Å². The van der Waals surface area contributed by atoms with E-state index in [1.165, 1.54) is 11.9 Å². The smallest absolute Gasteiger partial charge is 0.414 e. The summed E-state index contributed by atoms with van der Waals surface area (Å²) < 4.78 is 28.3. The van der Waals surface area contributed by atoms with Crippen molar-refractivity contribution in [2.24, 2.45) is 0 Å². The quantitative estimate of drug-likeness (QED) is 0.741. The number of carbonyl (C=O) groups excluding carboxylic acids is 2. The van der Waals surface area contributed by atoms with Crippen LogP contribution in [-0.2, 0) is 19.6 Å². The van der Waals surface area contributed by atoms with Crippen molar-refractivity contribution in [1.82, 2.24) is 9.62 Å². The number of nitrogens with zero attached hydrogens (tertiary/aromatic N) is 2. The van der Waals surface area contributed by atoms with E-state index in [-0.39, 0.29) is 19.2 Å². The number of anilines is 1. The first-order valence-electron chi connectivity index (χ1n) is 7.48. The first kappa shape index (κ1) is 18.8. The zero-order valence-corrected chi connectivity index (χ0v) is 14.8. The van der Waals surface area contributed by atoms with E-state index in [0.29, 0.717) is 13.2 Å². The van der Waals surface area contributed by atoms with Gasteiger partial charge in [0.1, 0.15) is 6.61 Å². The highest BCUT2D eigenvalue weighted by Gasteiger charge is 2.23. The van der Waals surface area contributed by atoms with E-state index in [4.69, 9.17) is 4.74 Å². The summed E-state index contributed by atoms with van der Waals surface area (Å²) in [6.45, 7) is 0.768. The number of cyclic esters (lactones) is 1. The maximum atomic E-state index is 11.6. The average molecular weight is 365 g/mol. The van der Waals surface area contributed by atoms with Crippen molar-refractivity contribution in [3.05, 3.63) is 29.8 Å². The van der Waals surface area contributed by atoms with Crippen LogP contribution < -0.4 is 10.2 Å². The van der Waals surface area contributed by atoms with Gasteiger partial charge in [-0.2, -0.15) is 4.31 Å². The van der Waals surface area contributed by atoms with Crippen molar-refractivity contribution in [1.29, 1.82) is 0 Å². The summed E-state index contributed by atoms with van der Waals surface area (Å²) in [5.41, 5.74) is 1.48. The molecule has 134 valence electrons. The maximum absolute atomic E-state index is 11.6. The molecule has 0 unspecified atom stereocenters. The zero-order chi connectivity index (χ0) is 18.4. The van der Waals surface area contributed by atoms with Gasteiger partial charge < -0.3 is 10.1 Å². The number of nitrogens with one attached hydrogen (secondary N) is 1. The van der Waals surface area contributed by atoms with E-state index in [1.807, 2.05) is 0 Å². The lowest BCUT2D eigenvalue weighted by atomic mass is 10.2. The monoisotopic (exact) mass is 365 g/mol. The topological polar surface area (TPSA) is 96.0 Å². The Balaban J connectivity index is 1.83. The van der Waals surface area contributed by atoms with Crippen LogP contribution in [0.5, 0.6) is 0 Å². The van der Waals surface area contributed by atoms with Gasteiger partial charge in [0.25, 0.3) is 0 Å². The number of likely N-dealkylation sites (N-methyl/N-ethyl adjacent to an activating group) is 1. The molecule has 1 aliphatic heterocycles. The van der Waals surface area contributed by atoms with Gasteiger partial charge in [-0.3, -0.25) is 9.69 Å². The molecule has 25 heavy (non-hydrogen) atoms. The molecule has 1 aromatic rings. The van der Waals surface area contributed by atoms with E-state index >= 15 is 0 Å². The molecule has 1 N–H and O–H groups in total. The predicted octanol–water partition coefficient (Wildman–Crippen LogP) is 0.00230. The van der Waals surface area contributed by atoms with Gasteiger partial charge in [-0.05, 0) is 24.3 Å². The second-order valence-corrected chi connectivity index (χ2v) is 7.50. The lowest BCUT2D eigenvalue weighted by Crippen LogP contribution is -2.37. The average Bonchev–Trinajstić information content (AvgIpc) is 2.97. The Hall–Kier alpha value is -2.57. The molecular weight excluding hydrogens is 346 g/mol. The first-order valence-corrected chi connectivity index (χ1v) is 9.33. The molecule has 1 aromatic carbocycles. The summed E-state index contributed by atoms with van der Waals surface area (Å²) in [6.07, 6.45) is 0.673. The Labute approximate surface area is 146 Å². The third-order valence-electron chi connectivity index (χ3n) is 3.48. The van der Waals surface area contributed by atoms with Crippen molar-refractivity contribution in [3.63, 3.8) is 0 Å². The summed E-state index contributed by atoms with van der Waals surface area (Å²) in [7, 11) is -2.06. The minimum Gasteiger partial charge on any atom is -0.447 e. The molecule has 2 amide bonds. The molecule has 0 spiro atoms. The molecule has 0 saturated carbocycles. The highest BCUT2D eigenvalue weighted by molar-refractivity contribution is 7.88. The van der Waals surface area contributed by atoms with Gasteiger partial charge in [0.2, 0.25) is 15.9 Å². The highest BCUT2D eigenvalue weighted by atomic mass is 32.2. The van der Waals surface area contributed by atoms with Crippen LogP contribution >= 0.6 is 0 Å². The number of hydrogen-bond donors (Lipinski definition) is 1. The van der Waals surface area contributed by atoms with E-state index in [0.717, 1.165) is 21.8 Å². The Bertz CT molecular complexity index is 808. The minimum absolute atomic E-state index is 0.108. The van der Waals surface area contributed by atoms with Gasteiger partial charge in [0.05, 0.1) is 25.9 Å². The van der Waals surface area contributed by atoms with Gasteiger partial charge >= 0.3 is 6.09 Å². The summed E-state index contributed by atoms with van der Waals surface area (Å²) in [5.74, 6) is 5.24. The fourth-order valence-corrected chi connectivity index (χ4v) is 2.37. The number of rotatable bonds is 5. The van der Waals surface area contributed by atoms with E-state index in [2.05, 4.69) is 17.2 Å². The van der Waals surface area contributed by atoms with Crippen molar-refractivity contribution >= 4 is 27.7 Å². The fourth-order valence-electron chi connectivity index (χ4n) is 2.02. The number of ether oxygens (including phenoxy) is 1. The Morgan fingerprint density at radius 3 is 2.60 bits per heavy atom. The van der Waals surface area contributed by atoms with Crippen LogP contribution in [0.15, 0.2) is 24.3 Å². The first-order chi connectivity index (χ1) is 11.8. The number of benzene rings is 1. The largest absolute Gasteiger partial charge is 0.447 e. The van der Waals surface area contributed by atoms with Crippen LogP contribution in [-0.4, -0.2) is 64.3 Å². The van der Waals surface area contributed by atoms with Crippen LogP contribution in [0.1, 0.15) is 5.56 Å². The van der Waals surface area contributed by atoms with E-state index in [9.17, 15) is 18.0 Å². The summed E-state index contributed by atoms with van der Waals surface area (Å²) in [4.78, 5) is 24.6. The molecule has 0 bridgehead atoms. The fraction of sp³-hybridized carbons (Fsp3) is 0.375. The number of amides is 2. The van der Waals surface area contributed by atoms with Gasteiger partial charge in [-0.15, -0.1) is 0 Å². The molecule has 9 heteroatoms. The van der Waals surface area contributed by atoms with Crippen molar-refractivity contribution in [3.8, 4) is 11.8 Å². The summed E-state index contributed by atoms with van der Waals surface area (Å²) >= 11 is 0. The van der Waals surface area contributed by atoms with Crippen LogP contribution in [0.2, 0.25) is 0 Å². The standard InChI is InChI=1S/C16H19N3O5S/c1-18(25(2,22)23)12-15(20)17-9-3-4-13-5-7-14(8-6-13)19-10-11-24-16(19)21/h5-8H,9-12H2,1-2H3,(H,17,20). The number of carbonyl (C=O) groups is 2. The predicted molar refractivity (Wildman–Crippen MR) is 92.5 cm³/mol. The molecule has 1 heterocycles. The SMILES string of the molecule is CN(CC(=O)NCC#Cc1ccc(N2CCOC2=O)cc1)S(C)(=O)=O. The zero-order valence-electron chi connectivity index (χ0n) is 14.0. The Morgan fingerprint density at radius 1 is 1.36 bits per heavy atom. The van der Waals surface area contributed by atoms with Gasteiger partial charge in [-0.25, -0.2) is 13.2 Å². The minimum atomic E-state index is -3.39. The van der Waals surface area contributed by atoms with E-state index in [1.54, 1.807) is 24.3 Å². The van der Waals surface area contributed by atoms with Crippen LogP contribution in [0.4, 0.5) is 10.5 Å².